The van der Waals surface area contributed by atoms with Crippen LogP contribution in [0.25, 0.3) is 0 Å². The van der Waals surface area contributed by atoms with Crippen LogP contribution in [0.4, 0.5) is 0 Å². The van der Waals surface area contributed by atoms with E-state index in [1.807, 2.05) is 18.3 Å². The molecule has 1 N–H and O–H groups in total. The van der Waals surface area contributed by atoms with E-state index in [1.54, 1.807) is 0 Å². The Morgan fingerprint density at radius 3 is 2.80 bits per heavy atom. The summed E-state index contributed by atoms with van der Waals surface area (Å²) < 4.78 is 5.28. The molecule has 0 aliphatic carbocycles. The summed E-state index contributed by atoms with van der Waals surface area (Å²) in [6, 6.07) is 2.27. The topological polar surface area (TPSA) is 21.3 Å². The Labute approximate surface area is 96.7 Å². The molecule has 0 fully saturated rings. The van der Waals surface area contributed by atoms with Crippen molar-refractivity contribution in [2.45, 2.75) is 33.7 Å². The van der Waals surface area contributed by atoms with E-state index in [0.29, 0.717) is 0 Å². The number of aryl methyl sites for hydroxylation is 2. The molecule has 1 aromatic rings. The van der Waals surface area contributed by atoms with Crippen molar-refractivity contribution in [2.75, 3.05) is 19.8 Å². The molecule has 0 aliphatic heterocycles. The molecule has 0 unspecified atom stereocenters. The first-order chi connectivity index (χ1) is 7.24. The van der Waals surface area contributed by atoms with Crippen LogP contribution in [0.3, 0.4) is 0 Å². The van der Waals surface area contributed by atoms with Crippen LogP contribution in [-0.4, -0.2) is 19.8 Å². The maximum Gasteiger partial charge on any atom is 0.0477 e. The number of rotatable bonds is 7. The number of thiophene rings is 1. The molecule has 2 nitrogen and oxygen atoms in total. The Hall–Kier alpha value is -0.380. The van der Waals surface area contributed by atoms with Gasteiger partial charge in [-0.15, -0.1) is 11.3 Å². The van der Waals surface area contributed by atoms with E-state index in [4.69, 9.17) is 4.74 Å². The van der Waals surface area contributed by atoms with E-state index in [9.17, 15) is 0 Å². The van der Waals surface area contributed by atoms with Gasteiger partial charge in [-0.05, 0) is 45.4 Å². The lowest BCUT2D eigenvalue weighted by Crippen LogP contribution is -2.16. The third-order valence-electron chi connectivity index (χ3n) is 2.31. The van der Waals surface area contributed by atoms with E-state index in [0.717, 1.165) is 32.7 Å². The molecule has 3 heteroatoms. The molecule has 0 saturated carbocycles. The smallest absolute Gasteiger partial charge is 0.0477 e. The quantitative estimate of drug-likeness (QED) is 0.723. The minimum absolute atomic E-state index is 0.822. The van der Waals surface area contributed by atoms with Gasteiger partial charge in [-0.25, -0.2) is 0 Å². The van der Waals surface area contributed by atoms with Crippen molar-refractivity contribution in [1.82, 2.24) is 5.32 Å². The van der Waals surface area contributed by atoms with Gasteiger partial charge in [0.15, 0.2) is 0 Å². The van der Waals surface area contributed by atoms with Crippen molar-refractivity contribution < 1.29 is 4.74 Å². The molecule has 0 radical (unpaired) electrons. The molecule has 0 aromatic carbocycles. The van der Waals surface area contributed by atoms with E-state index >= 15 is 0 Å². The summed E-state index contributed by atoms with van der Waals surface area (Å²) in [5.74, 6) is 0. The van der Waals surface area contributed by atoms with Crippen LogP contribution >= 0.6 is 11.3 Å². The van der Waals surface area contributed by atoms with Gasteiger partial charge in [0.1, 0.15) is 0 Å². The monoisotopic (exact) mass is 227 g/mol. The van der Waals surface area contributed by atoms with Crippen molar-refractivity contribution in [2.24, 2.45) is 0 Å². The molecular weight excluding hydrogens is 206 g/mol. The van der Waals surface area contributed by atoms with Gasteiger partial charge in [-0.1, -0.05) is 0 Å². The fourth-order valence-electron chi connectivity index (χ4n) is 1.53. The minimum atomic E-state index is 0.822. The van der Waals surface area contributed by atoms with Crippen LogP contribution in [0.5, 0.6) is 0 Å². The fourth-order valence-corrected chi connectivity index (χ4v) is 2.47. The van der Waals surface area contributed by atoms with Crippen LogP contribution in [-0.2, 0) is 11.3 Å². The van der Waals surface area contributed by atoms with Crippen molar-refractivity contribution in [3.05, 3.63) is 21.4 Å². The normalized spacial score (nSPS) is 10.9. The SMILES string of the molecule is CCOCCCNCc1cc(C)sc1C. The standard InChI is InChI=1S/C12H21NOS/c1-4-14-7-5-6-13-9-12-8-10(2)15-11(12)3/h8,13H,4-7,9H2,1-3H3. The Kier molecular flexibility index (Phi) is 5.91. The summed E-state index contributed by atoms with van der Waals surface area (Å²) in [4.78, 5) is 2.84. The predicted octanol–water partition coefficient (Wildman–Crippen LogP) is 2.88. The van der Waals surface area contributed by atoms with Gasteiger partial charge in [-0.2, -0.15) is 0 Å². The average molecular weight is 227 g/mol. The zero-order valence-electron chi connectivity index (χ0n) is 9.93. The van der Waals surface area contributed by atoms with Crippen LogP contribution in [0.1, 0.15) is 28.7 Å². The molecule has 0 bridgehead atoms. The van der Waals surface area contributed by atoms with Crippen molar-refractivity contribution in [3.63, 3.8) is 0 Å². The summed E-state index contributed by atoms with van der Waals surface area (Å²) in [5, 5.41) is 3.44. The van der Waals surface area contributed by atoms with Crippen LogP contribution in [0.15, 0.2) is 6.07 Å². The molecule has 0 atom stereocenters. The lowest BCUT2D eigenvalue weighted by atomic mass is 10.2. The van der Waals surface area contributed by atoms with Gasteiger partial charge in [0.05, 0.1) is 0 Å². The highest BCUT2D eigenvalue weighted by Crippen LogP contribution is 2.19. The molecule has 0 amide bonds. The largest absolute Gasteiger partial charge is 0.382 e. The predicted molar refractivity (Wildman–Crippen MR) is 66.6 cm³/mol. The van der Waals surface area contributed by atoms with E-state index in [2.05, 4.69) is 25.2 Å². The lowest BCUT2D eigenvalue weighted by molar-refractivity contribution is 0.144. The Morgan fingerprint density at radius 1 is 1.40 bits per heavy atom. The first-order valence-corrected chi connectivity index (χ1v) is 6.40. The lowest BCUT2D eigenvalue weighted by Gasteiger charge is -2.04. The summed E-state index contributed by atoms with van der Waals surface area (Å²) in [5.41, 5.74) is 1.44. The highest BCUT2D eigenvalue weighted by Gasteiger charge is 2.01. The second-order valence-electron chi connectivity index (χ2n) is 3.67. The zero-order chi connectivity index (χ0) is 11.1. The number of ether oxygens (including phenoxy) is 1. The second kappa shape index (κ2) is 6.99. The fraction of sp³-hybridized carbons (Fsp3) is 0.667. The second-order valence-corrected chi connectivity index (χ2v) is 5.13. The molecule has 1 heterocycles. The first kappa shape index (κ1) is 12.7. The van der Waals surface area contributed by atoms with Crippen molar-refractivity contribution in [3.8, 4) is 0 Å². The third-order valence-corrected chi connectivity index (χ3v) is 3.31. The van der Waals surface area contributed by atoms with Crippen molar-refractivity contribution in [1.29, 1.82) is 0 Å². The van der Waals surface area contributed by atoms with Crippen LogP contribution in [0, 0.1) is 13.8 Å². The molecular formula is C12H21NOS. The molecule has 0 aliphatic rings. The Bertz CT molecular complexity index is 283. The molecule has 0 spiro atoms. The van der Waals surface area contributed by atoms with Crippen LogP contribution < -0.4 is 5.32 Å². The minimum Gasteiger partial charge on any atom is -0.382 e. The maximum absolute atomic E-state index is 5.28. The Morgan fingerprint density at radius 2 is 2.20 bits per heavy atom. The van der Waals surface area contributed by atoms with E-state index in [-0.39, 0.29) is 0 Å². The average Bonchev–Trinajstić information content (AvgIpc) is 2.51. The van der Waals surface area contributed by atoms with E-state index < -0.39 is 0 Å². The maximum atomic E-state index is 5.28. The highest BCUT2D eigenvalue weighted by atomic mass is 32.1. The summed E-state index contributed by atoms with van der Waals surface area (Å²) in [6.45, 7) is 10.1. The summed E-state index contributed by atoms with van der Waals surface area (Å²) in [7, 11) is 0. The van der Waals surface area contributed by atoms with Gasteiger partial charge in [-0.3, -0.25) is 0 Å². The van der Waals surface area contributed by atoms with Gasteiger partial charge in [0.25, 0.3) is 0 Å². The molecule has 0 saturated heterocycles. The van der Waals surface area contributed by atoms with Gasteiger partial charge in [0.2, 0.25) is 0 Å². The van der Waals surface area contributed by atoms with Gasteiger partial charge in [0, 0.05) is 29.5 Å². The molecule has 1 aromatic heterocycles. The highest BCUT2D eigenvalue weighted by molar-refractivity contribution is 7.12. The van der Waals surface area contributed by atoms with Crippen LogP contribution in [0.2, 0.25) is 0 Å². The summed E-state index contributed by atoms with van der Waals surface area (Å²) >= 11 is 1.88. The van der Waals surface area contributed by atoms with Crippen molar-refractivity contribution >= 4 is 11.3 Å². The number of nitrogens with one attached hydrogen (secondary N) is 1. The third kappa shape index (κ3) is 4.78. The van der Waals surface area contributed by atoms with Gasteiger partial charge >= 0.3 is 0 Å². The number of hydrogen-bond acceptors (Lipinski definition) is 3. The van der Waals surface area contributed by atoms with Gasteiger partial charge < -0.3 is 10.1 Å². The molecule has 1 rings (SSSR count). The number of hydrogen-bond donors (Lipinski definition) is 1. The summed E-state index contributed by atoms with van der Waals surface area (Å²) in [6.07, 6.45) is 1.09. The van der Waals surface area contributed by atoms with E-state index in [1.165, 1.54) is 15.3 Å². The Balaban J connectivity index is 2.12. The molecule has 86 valence electrons. The molecule has 15 heavy (non-hydrogen) atoms. The first-order valence-electron chi connectivity index (χ1n) is 5.58. The zero-order valence-corrected chi connectivity index (χ0v) is 10.7.